The van der Waals surface area contributed by atoms with Crippen molar-refractivity contribution in [2.45, 2.75) is 6.92 Å². The van der Waals surface area contributed by atoms with Gasteiger partial charge in [-0.15, -0.1) is 10.2 Å². The standard InChI is InChI=1S/C23H22N4O3/c1-16-2-4-17(5-3-16)19-7-9-22(25-24-19)26-10-12-27(13-11-26)23(28)18-6-8-20-21(14-18)30-15-29-20/h2-9,14H,10-13,15H2,1H3. The van der Waals surface area contributed by atoms with Crippen molar-refractivity contribution in [1.29, 1.82) is 0 Å². The molecule has 0 radical (unpaired) electrons. The summed E-state index contributed by atoms with van der Waals surface area (Å²) >= 11 is 0. The van der Waals surface area contributed by atoms with Gasteiger partial charge in [0.15, 0.2) is 17.3 Å². The first-order valence-corrected chi connectivity index (χ1v) is 10.0. The number of carbonyl (C=O) groups is 1. The van der Waals surface area contributed by atoms with Crippen LogP contribution in [0.15, 0.2) is 54.6 Å². The molecule has 0 aliphatic carbocycles. The van der Waals surface area contributed by atoms with E-state index in [1.165, 1.54) is 5.56 Å². The topological polar surface area (TPSA) is 67.8 Å². The zero-order valence-corrected chi connectivity index (χ0v) is 16.7. The molecular formula is C23H22N4O3. The van der Waals surface area contributed by atoms with Crippen molar-refractivity contribution < 1.29 is 14.3 Å². The van der Waals surface area contributed by atoms with Crippen LogP contribution in [0.5, 0.6) is 11.5 Å². The van der Waals surface area contributed by atoms with Crippen LogP contribution < -0.4 is 14.4 Å². The first kappa shape index (κ1) is 18.4. The van der Waals surface area contributed by atoms with Crippen molar-refractivity contribution in [2.75, 3.05) is 37.9 Å². The summed E-state index contributed by atoms with van der Waals surface area (Å²) in [6, 6.07) is 17.6. The third kappa shape index (κ3) is 3.54. The highest BCUT2D eigenvalue weighted by molar-refractivity contribution is 5.95. The lowest BCUT2D eigenvalue weighted by Gasteiger charge is -2.35. The quantitative estimate of drug-likeness (QED) is 0.671. The second-order valence-electron chi connectivity index (χ2n) is 7.49. The average molecular weight is 402 g/mol. The molecule has 7 heteroatoms. The van der Waals surface area contributed by atoms with Crippen molar-refractivity contribution in [2.24, 2.45) is 0 Å². The van der Waals surface area contributed by atoms with Gasteiger partial charge in [0, 0.05) is 37.3 Å². The lowest BCUT2D eigenvalue weighted by molar-refractivity contribution is 0.0746. The minimum absolute atomic E-state index is 0.00810. The molecule has 30 heavy (non-hydrogen) atoms. The molecule has 0 atom stereocenters. The van der Waals surface area contributed by atoms with Crippen LogP contribution in [0.2, 0.25) is 0 Å². The number of anilines is 1. The third-order valence-corrected chi connectivity index (χ3v) is 5.51. The fourth-order valence-electron chi connectivity index (χ4n) is 3.72. The molecule has 2 aliphatic rings. The van der Waals surface area contributed by atoms with Crippen molar-refractivity contribution in [3.8, 4) is 22.8 Å². The fourth-order valence-corrected chi connectivity index (χ4v) is 3.72. The Labute approximate surface area is 174 Å². The Hall–Kier alpha value is -3.61. The minimum Gasteiger partial charge on any atom is -0.454 e. The molecule has 2 aromatic carbocycles. The first-order chi connectivity index (χ1) is 14.7. The van der Waals surface area contributed by atoms with Crippen molar-refractivity contribution in [3.63, 3.8) is 0 Å². The van der Waals surface area contributed by atoms with Crippen LogP contribution in [-0.4, -0.2) is 54.0 Å². The molecule has 0 bridgehead atoms. The van der Waals surface area contributed by atoms with Gasteiger partial charge in [-0.1, -0.05) is 29.8 Å². The number of ether oxygens (including phenoxy) is 2. The lowest BCUT2D eigenvalue weighted by atomic mass is 10.1. The highest BCUT2D eigenvalue weighted by Gasteiger charge is 2.25. The van der Waals surface area contributed by atoms with E-state index in [4.69, 9.17) is 9.47 Å². The number of amides is 1. The summed E-state index contributed by atoms with van der Waals surface area (Å²) in [5.41, 5.74) is 3.75. The maximum Gasteiger partial charge on any atom is 0.254 e. The van der Waals surface area contributed by atoms with Gasteiger partial charge in [-0.25, -0.2) is 0 Å². The fraction of sp³-hybridized carbons (Fsp3) is 0.261. The van der Waals surface area contributed by atoms with E-state index in [-0.39, 0.29) is 12.7 Å². The predicted molar refractivity (Wildman–Crippen MR) is 113 cm³/mol. The number of aryl methyl sites for hydroxylation is 1. The van der Waals surface area contributed by atoms with E-state index in [2.05, 4.69) is 46.3 Å². The molecule has 7 nitrogen and oxygen atoms in total. The zero-order valence-electron chi connectivity index (χ0n) is 16.7. The summed E-state index contributed by atoms with van der Waals surface area (Å²) in [5, 5.41) is 8.80. The molecule has 5 rings (SSSR count). The molecule has 1 amide bonds. The summed E-state index contributed by atoms with van der Waals surface area (Å²) in [6.45, 7) is 4.97. The number of benzene rings is 2. The summed E-state index contributed by atoms with van der Waals surface area (Å²) in [4.78, 5) is 16.9. The lowest BCUT2D eigenvalue weighted by Crippen LogP contribution is -2.49. The molecule has 0 saturated carbocycles. The van der Waals surface area contributed by atoms with Gasteiger partial charge in [-0.05, 0) is 37.3 Å². The average Bonchev–Trinajstić information content (AvgIpc) is 3.27. The summed E-state index contributed by atoms with van der Waals surface area (Å²) in [5.74, 6) is 2.15. The number of hydrogen-bond donors (Lipinski definition) is 0. The van der Waals surface area contributed by atoms with Gasteiger partial charge >= 0.3 is 0 Å². The second-order valence-corrected chi connectivity index (χ2v) is 7.49. The van der Waals surface area contributed by atoms with Gasteiger partial charge in [0.25, 0.3) is 5.91 Å². The van der Waals surface area contributed by atoms with Crippen LogP contribution in [0.3, 0.4) is 0 Å². The Morgan fingerprint density at radius 3 is 2.37 bits per heavy atom. The maximum atomic E-state index is 12.9. The molecule has 3 aromatic rings. The van der Waals surface area contributed by atoms with E-state index >= 15 is 0 Å². The normalized spacial score (nSPS) is 15.4. The number of rotatable bonds is 3. The van der Waals surface area contributed by atoms with Crippen LogP contribution in [0.1, 0.15) is 15.9 Å². The second kappa shape index (κ2) is 7.67. The van der Waals surface area contributed by atoms with E-state index in [1.807, 2.05) is 17.0 Å². The maximum absolute atomic E-state index is 12.9. The van der Waals surface area contributed by atoms with Crippen LogP contribution in [0, 0.1) is 6.92 Å². The summed E-state index contributed by atoms with van der Waals surface area (Å²) in [6.07, 6.45) is 0. The van der Waals surface area contributed by atoms with Gasteiger partial charge < -0.3 is 19.3 Å². The molecule has 1 saturated heterocycles. The predicted octanol–water partition coefficient (Wildman–Crippen LogP) is 3.14. The highest BCUT2D eigenvalue weighted by atomic mass is 16.7. The van der Waals surface area contributed by atoms with Gasteiger partial charge in [0.2, 0.25) is 6.79 Å². The number of hydrogen-bond acceptors (Lipinski definition) is 6. The zero-order chi connectivity index (χ0) is 20.5. The van der Waals surface area contributed by atoms with E-state index in [1.54, 1.807) is 18.2 Å². The highest BCUT2D eigenvalue weighted by Crippen LogP contribution is 2.33. The Balaban J connectivity index is 1.22. The van der Waals surface area contributed by atoms with Crippen LogP contribution >= 0.6 is 0 Å². The molecule has 2 aliphatic heterocycles. The summed E-state index contributed by atoms with van der Waals surface area (Å²) < 4.78 is 10.7. The van der Waals surface area contributed by atoms with E-state index in [0.717, 1.165) is 30.2 Å². The Morgan fingerprint density at radius 1 is 0.867 bits per heavy atom. The van der Waals surface area contributed by atoms with Crippen molar-refractivity contribution in [3.05, 3.63) is 65.7 Å². The largest absolute Gasteiger partial charge is 0.454 e. The number of nitrogens with zero attached hydrogens (tertiary/aromatic N) is 4. The Bertz CT molecular complexity index is 1060. The number of fused-ring (bicyclic) bond motifs is 1. The number of carbonyl (C=O) groups excluding carboxylic acids is 1. The van der Waals surface area contributed by atoms with Gasteiger partial charge in [0.05, 0.1) is 5.69 Å². The third-order valence-electron chi connectivity index (χ3n) is 5.51. The van der Waals surface area contributed by atoms with Gasteiger partial charge in [-0.3, -0.25) is 4.79 Å². The molecule has 152 valence electrons. The Kier molecular flexibility index (Phi) is 4.71. The minimum atomic E-state index is 0.00810. The smallest absolute Gasteiger partial charge is 0.254 e. The van der Waals surface area contributed by atoms with Crippen LogP contribution in [0.4, 0.5) is 5.82 Å². The van der Waals surface area contributed by atoms with Crippen molar-refractivity contribution >= 4 is 11.7 Å². The van der Waals surface area contributed by atoms with E-state index in [9.17, 15) is 4.79 Å². The van der Waals surface area contributed by atoms with Gasteiger partial charge in [-0.2, -0.15) is 0 Å². The molecule has 0 unspecified atom stereocenters. The molecular weight excluding hydrogens is 380 g/mol. The summed E-state index contributed by atoms with van der Waals surface area (Å²) in [7, 11) is 0. The van der Waals surface area contributed by atoms with E-state index in [0.29, 0.717) is 30.2 Å². The molecule has 0 N–H and O–H groups in total. The van der Waals surface area contributed by atoms with Crippen LogP contribution in [0.25, 0.3) is 11.3 Å². The molecule has 0 spiro atoms. The molecule has 1 fully saturated rings. The number of piperazine rings is 1. The van der Waals surface area contributed by atoms with Crippen LogP contribution in [-0.2, 0) is 0 Å². The monoisotopic (exact) mass is 402 g/mol. The molecule has 1 aromatic heterocycles. The van der Waals surface area contributed by atoms with Crippen molar-refractivity contribution in [1.82, 2.24) is 15.1 Å². The number of aromatic nitrogens is 2. The van der Waals surface area contributed by atoms with Gasteiger partial charge in [0.1, 0.15) is 0 Å². The SMILES string of the molecule is Cc1ccc(-c2ccc(N3CCN(C(=O)c4ccc5c(c4)OCO5)CC3)nn2)cc1. The Morgan fingerprint density at radius 2 is 1.63 bits per heavy atom. The molecule has 3 heterocycles. The van der Waals surface area contributed by atoms with E-state index < -0.39 is 0 Å². The first-order valence-electron chi connectivity index (χ1n) is 10.0.